The van der Waals surface area contributed by atoms with Gasteiger partial charge in [0.15, 0.2) is 0 Å². The summed E-state index contributed by atoms with van der Waals surface area (Å²) in [6.45, 7) is 13.3. The Morgan fingerprint density at radius 3 is 2.00 bits per heavy atom. The second-order valence-electron chi connectivity index (χ2n) is 7.46. The van der Waals surface area contributed by atoms with E-state index in [1.54, 1.807) is 7.11 Å². The Labute approximate surface area is 105 Å². The Morgan fingerprint density at radius 2 is 1.65 bits per heavy atom. The molecule has 3 nitrogen and oxygen atoms in total. The highest BCUT2D eigenvalue weighted by atomic mass is 17.4. The summed E-state index contributed by atoms with van der Waals surface area (Å²) in [6.07, 6.45) is 2.09. The van der Waals surface area contributed by atoms with Crippen LogP contribution in [-0.2, 0) is 14.5 Å². The third-order valence-corrected chi connectivity index (χ3v) is 4.73. The molecule has 2 fully saturated rings. The minimum absolute atomic E-state index is 0.0199. The normalized spacial score (nSPS) is 39.4. The van der Waals surface area contributed by atoms with Crippen LogP contribution in [0.15, 0.2) is 0 Å². The molecule has 0 radical (unpaired) electrons. The average molecular weight is 242 g/mol. The molecular formula is C14H26O3. The summed E-state index contributed by atoms with van der Waals surface area (Å²) >= 11 is 0. The second-order valence-corrected chi connectivity index (χ2v) is 7.46. The fourth-order valence-corrected chi connectivity index (χ4v) is 3.98. The van der Waals surface area contributed by atoms with E-state index in [0.29, 0.717) is 5.92 Å². The first-order valence-corrected chi connectivity index (χ1v) is 6.54. The SMILES string of the molecule is COC1(C(C)(C)C)CC(C)CC(C)(C)C12OO2. The first-order valence-electron chi connectivity index (χ1n) is 6.54. The van der Waals surface area contributed by atoms with Crippen LogP contribution in [0, 0.1) is 16.7 Å². The van der Waals surface area contributed by atoms with Gasteiger partial charge in [-0.3, -0.25) is 0 Å². The molecule has 1 heterocycles. The fraction of sp³-hybridized carbons (Fsp3) is 1.00. The zero-order valence-corrected chi connectivity index (χ0v) is 12.2. The molecule has 1 spiro atoms. The van der Waals surface area contributed by atoms with Crippen molar-refractivity contribution in [1.82, 2.24) is 0 Å². The minimum Gasteiger partial charge on any atom is -0.372 e. The van der Waals surface area contributed by atoms with Crippen molar-refractivity contribution in [1.29, 1.82) is 0 Å². The number of methoxy groups -OCH3 is 1. The van der Waals surface area contributed by atoms with Gasteiger partial charge in [-0.15, -0.1) is 0 Å². The highest BCUT2D eigenvalue weighted by molar-refractivity contribution is 5.16. The Kier molecular flexibility index (Phi) is 2.71. The van der Waals surface area contributed by atoms with Crippen LogP contribution in [0.4, 0.5) is 0 Å². The molecule has 1 aliphatic heterocycles. The van der Waals surface area contributed by atoms with Crippen LogP contribution < -0.4 is 0 Å². The molecule has 3 heteroatoms. The molecule has 100 valence electrons. The number of hydrogen-bond acceptors (Lipinski definition) is 3. The third-order valence-electron chi connectivity index (χ3n) is 4.73. The van der Waals surface area contributed by atoms with Crippen LogP contribution in [-0.4, -0.2) is 18.5 Å². The maximum absolute atomic E-state index is 5.98. The zero-order chi connectivity index (χ0) is 13.1. The highest BCUT2D eigenvalue weighted by Crippen LogP contribution is 2.66. The topological polar surface area (TPSA) is 34.3 Å². The van der Waals surface area contributed by atoms with Crippen molar-refractivity contribution in [3.05, 3.63) is 0 Å². The molecule has 0 aromatic heterocycles. The molecule has 2 unspecified atom stereocenters. The van der Waals surface area contributed by atoms with Gasteiger partial charge in [0.05, 0.1) is 0 Å². The monoisotopic (exact) mass is 242 g/mol. The third kappa shape index (κ3) is 1.52. The highest BCUT2D eigenvalue weighted by Gasteiger charge is 2.78. The predicted molar refractivity (Wildman–Crippen MR) is 66.3 cm³/mol. The number of rotatable bonds is 1. The molecule has 1 saturated carbocycles. The lowest BCUT2D eigenvalue weighted by atomic mass is 9.54. The van der Waals surface area contributed by atoms with Crippen molar-refractivity contribution in [2.45, 2.75) is 65.8 Å². The van der Waals surface area contributed by atoms with Crippen LogP contribution in [0.5, 0.6) is 0 Å². The largest absolute Gasteiger partial charge is 0.372 e. The standard InChI is InChI=1S/C14H26O3/c1-10-8-12(5,6)14(16-17-14)13(9-10,15-7)11(2,3)4/h10H,8-9H2,1-7H3. The van der Waals surface area contributed by atoms with Crippen molar-refractivity contribution in [3.63, 3.8) is 0 Å². The summed E-state index contributed by atoms with van der Waals surface area (Å²) in [7, 11) is 1.78. The quantitative estimate of drug-likeness (QED) is 0.521. The first kappa shape index (κ1) is 13.3. The van der Waals surface area contributed by atoms with Gasteiger partial charge in [-0.1, -0.05) is 41.5 Å². The van der Waals surface area contributed by atoms with Crippen LogP contribution in [0.1, 0.15) is 54.4 Å². The molecule has 0 aromatic rings. The van der Waals surface area contributed by atoms with Gasteiger partial charge in [0.25, 0.3) is 5.79 Å². The first-order chi connectivity index (χ1) is 7.62. The molecule has 1 aliphatic carbocycles. The van der Waals surface area contributed by atoms with Gasteiger partial charge in [0, 0.05) is 12.5 Å². The van der Waals surface area contributed by atoms with Crippen LogP contribution in [0.2, 0.25) is 0 Å². The lowest BCUT2D eigenvalue weighted by Crippen LogP contribution is -2.65. The summed E-state index contributed by atoms with van der Waals surface area (Å²) < 4.78 is 5.98. The summed E-state index contributed by atoms with van der Waals surface area (Å²) in [5.74, 6) is 0.0436. The molecule has 2 atom stereocenters. The second kappa shape index (κ2) is 3.46. The van der Waals surface area contributed by atoms with E-state index in [0.717, 1.165) is 12.8 Å². The predicted octanol–water partition coefficient (Wildman–Crippen LogP) is 3.53. The average Bonchev–Trinajstić information content (AvgIpc) is 2.90. The maximum atomic E-state index is 5.98. The van der Waals surface area contributed by atoms with Gasteiger partial charge >= 0.3 is 0 Å². The molecule has 0 N–H and O–H groups in total. The smallest absolute Gasteiger partial charge is 0.268 e. The number of hydrogen-bond donors (Lipinski definition) is 0. The van der Waals surface area contributed by atoms with Gasteiger partial charge in [-0.2, -0.15) is 9.78 Å². The lowest BCUT2D eigenvalue weighted by molar-refractivity contribution is -0.216. The molecule has 0 amide bonds. The van der Waals surface area contributed by atoms with Crippen LogP contribution in [0.3, 0.4) is 0 Å². The van der Waals surface area contributed by atoms with E-state index < -0.39 is 5.79 Å². The van der Waals surface area contributed by atoms with Gasteiger partial charge < -0.3 is 4.74 Å². The lowest BCUT2D eigenvalue weighted by Gasteiger charge is -2.54. The zero-order valence-electron chi connectivity index (χ0n) is 12.2. The summed E-state index contributed by atoms with van der Waals surface area (Å²) in [5, 5.41) is 0. The van der Waals surface area contributed by atoms with Crippen molar-refractivity contribution in [3.8, 4) is 0 Å². The Morgan fingerprint density at radius 1 is 1.12 bits per heavy atom. The Hall–Kier alpha value is -0.120. The van der Waals surface area contributed by atoms with Crippen molar-refractivity contribution >= 4 is 0 Å². The molecule has 0 aromatic carbocycles. The molecular weight excluding hydrogens is 216 g/mol. The molecule has 17 heavy (non-hydrogen) atoms. The Bertz CT molecular complexity index is 312. The van der Waals surface area contributed by atoms with E-state index in [1.807, 2.05) is 0 Å². The Balaban J connectivity index is 2.50. The summed E-state index contributed by atoms with van der Waals surface area (Å²) in [5.41, 5.74) is -0.417. The van der Waals surface area contributed by atoms with Crippen molar-refractivity contribution < 1.29 is 14.5 Å². The van der Waals surface area contributed by atoms with E-state index in [1.165, 1.54) is 0 Å². The van der Waals surface area contributed by atoms with Gasteiger partial charge in [-0.05, 0) is 24.2 Å². The van der Waals surface area contributed by atoms with E-state index in [-0.39, 0.29) is 16.4 Å². The van der Waals surface area contributed by atoms with E-state index in [4.69, 9.17) is 14.5 Å². The summed E-state index contributed by atoms with van der Waals surface area (Å²) in [6, 6.07) is 0. The molecule has 0 bridgehead atoms. The van der Waals surface area contributed by atoms with Crippen molar-refractivity contribution in [2.24, 2.45) is 16.7 Å². The molecule has 1 saturated heterocycles. The van der Waals surface area contributed by atoms with Gasteiger partial charge in [0.2, 0.25) is 0 Å². The molecule has 2 aliphatic rings. The fourth-order valence-electron chi connectivity index (χ4n) is 3.98. The van der Waals surface area contributed by atoms with Crippen LogP contribution in [0.25, 0.3) is 0 Å². The number of ether oxygens (including phenoxy) is 1. The van der Waals surface area contributed by atoms with E-state index in [2.05, 4.69) is 41.5 Å². The van der Waals surface area contributed by atoms with E-state index >= 15 is 0 Å². The van der Waals surface area contributed by atoms with Gasteiger partial charge in [-0.25, -0.2) is 0 Å². The minimum atomic E-state index is -0.570. The van der Waals surface area contributed by atoms with Crippen molar-refractivity contribution in [2.75, 3.05) is 7.11 Å². The summed E-state index contributed by atoms with van der Waals surface area (Å²) in [4.78, 5) is 11.0. The maximum Gasteiger partial charge on any atom is 0.268 e. The van der Waals surface area contributed by atoms with Gasteiger partial charge in [0.1, 0.15) is 5.60 Å². The van der Waals surface area contributed by atoms with E-state index in [9.17, 15) is 0 Å². The van der Waals surface area contributed by atoms with Crippen LogP contribution >= 0.6 is 0 Å². The molecule has 2 rings (SSSR count).